The normalized spacial score (nSPS) is 20.0. The zero-order valence-corrected chi connectivity index (χ0v) is 14.0. The van der Waals surface area contributed by atoms with Gasteiger partial charge in [-0.05, 0) is 47.5 Å². The zero-order valence-electron chi connectivity index (χ0n) is 11.6. The third kappa shape index (κ3) is 3.23. The largest absolute Gasteiger partial charge is 0.373 e. The topological polar surface area (TPSA) is 72.6 Å². The summed E-state index contributed by atoms with van der Waals surface area (Å²) in [7, 11) is -3.52. The number of rotatable bonds is 3. The Morgan fingerprint density at radius 1 is 1.45 bits per heavy atom. The molecule has 1 aromatic carbocycles. The Labute approximate surface area is 128 Å². The predicted octanol–water partition coefficient (Wildman–Crippen LogP) is 1.71. The van der Waals surface area contributed by atoms with Gasteiger partial charge in [-0.1, -0.05) is 6.07 Å². The lowest BCUT2D eigenvalue weighted by Crippen LogP contribution is -2.50. The minimum atomic E-state index is -3.52. The van der Waals surface area contributed by atoms with Crippen LogP contribution < -0.4 is 5.73 Å². The molecule has 7 heteroatoms. The number of hydrogen-bond acceptors (Lipinski definition) is 4. The van der Waals surface area contributed by atoms with Crippen LogP contribution >= 0.6 is 15.9 Å². The monoisotopic (exact) mass is 362 g/mol. The molecule has 0 atom stereocenters. The first-order valence-corrected chi connectivity index (χ1v) is 8.62. The highest BCUT2D eigenvalue weighted by atomic mass is 79.9. The molecule has 0 spiro atoms. The van der Waals surface area contributed by atoms with Crippen LogP contribution in [0.15, 0.2) is 27.6 Å². The van der Waals surface area contributed by atoms with Gasteiger partial charge in [-0.25, -0.2) is 8.42 Å². The van der Waals surface area contributed by atoms with Crippen LogP contribution in [-0.4, -0.2) is 38.0 Å². The van der Waals surface area contributed by atoms with Crippen molar-refractivity contribution in [2.24, 2.45) is 5.73 Å². The van der Waals surface area contributed by atoms with Gasteiger partial charge in [0, 0.05) is 24.1 Å². The highest BCUT2D eigenvalue weighted by Crippen LogP contribution is 2.29. The van der Waals surface area contributed by atoms with Crippen LogP contribution in [0.1, 0.15) is 19.4 Å². The van der Waals surface area contributed by atoms with Gasteiger partial charge in [-0.15, -0.1) is 0 Å². The summed E-state index contributed by atoms with van der Waals surface area (Å²) < 4.78 is 33.0. The van der Waals surface area contributed by atoms with Gasteiger partial charge in [-0.3, -0.25) is 0 Å². The molecule has 1 saturated heterocycles. The van der Waals surface area contributed by atoms with Gasteiger partial charge in [0.25, 0.3) is 0 Å². The zero-order chi connectivity index (χ0) is 15.0. The van der Waals surface area contributed by atoms with Crippen molar-refractivity contribution in [2.75, 3.05) is 19.7 Å². The molecule has 1 aromatic rings. The second kappa shape index (κ2) is 5.73. The number of sulfonamides is 1. The second-order valence-corrected chi connectivity index (χ2v) is 8.18. The maximum Gasteiger partial charge on any atom is 0.244 e. The molecular formula is C13H19BrN2O3S. The predicted molar refractivity (Wildman–Crippen MR) is 80.8 cm³/mol. The Kier molecular flexibility index (Phi) is 4.56. The maximum atomic E-state index is 12.7. The minimum Gasteiger partial charge on any atom is -0.373 e. The Hall–Kier alpha value is -0.470. The van der Waals surface area contributed by atoms with Gasteiger partial charge in [-0.2, -0.15) is 4.31 Å². The lowest BCUT2D eigenvalue weighted by molar-refractivity contribution is -0.0640. The molecule has 0 radical (unpaired) electrons. The first kappa shape index (κ1) is 15.9. The maximum absolute atomic E-state index is 12.7. The van der Waals surface area contributed by atoms with Gasteiger partial charge in [0.15, 0.2) is 0 Å². The van der Waals surface area contributed by atoms with Crippen LogP contribution in [0.4, 0.5) is 0 Å². The second-order valence-electron chi connectivity index (χ2n) is 5.42. The Morgan fingerprint density at radius 2 is 2.15 bits per heavy atom. The quantitative estimate of drug-likeness (QED) is 0.888. The SMILES string of the molecule is CC1(C)CN(S(=O)(=O)c2ccc(CN)cc2Br)CCO1. The molecule has 112 valence electrons. The number of hydrogen-bond donors (Lipinski definition) is 1. The standard InChI is InChI=1S/C13H19BrN2O3S/c1-13(2)9-16(5-6-19-13)20(17,18)12-4-3-10(8-15)7-11(12)14/h3-4,7H,5-6,8-9,15H2,1-2H3. The highest BCUT2D eigenvalue weighted by Gasteiger charge is 2.35. The van der Waals surface area contributed by atoms with E-state index in [0.717, 1.165) is 5.56 Å². The van der Waals surface area contributed by atoms with Crippen molar-refractivity contribution >= 4 is 26.0 Å². The van der Waals surface area contributed by atoms with Crippen LogP contribution in [-0.2, 0) is 21.3 Å². The van der Waals surface area contributed by atoms with Gasteiger partial charge in [0.1, 0.15) is 0 Å². The van der Waals surface area contributed by atoms with E-state index in [4.69, 9.17) is 10.5 Å². The van der Waals surface area contributed by atoms with E-state index in [1.807, 2.05) is 13.8 Å². The molecule has 0 unspecified atom stereocenters. The van der Waals surface area contributed by atoms with E-state index in [-0.39, 0.29) is 4.90 Å². The van der Waals surface area contributed by atoms with E-state index in [1.165, 1.54) is 4.31 Å². The fraction of sp³-hybridized carbons (Fsp3) is 0.538. The molecule has 0 amide bonds. The number of ether oxygens (including phenoxy) is 1. The third-order valence-corrected chi connectivity index (χ3v) is 6.06. The van der Waals surface area contributed by atoms with Crippen LogP contribution in [0.25, 0.3) is 0 Å². The number of nitrogens with zero attached hydrogens (tertiary/aromatic N) is 1. The third-order valence-electron chi connectivity index (χ3n) is 3.24. The van der Waals surface area contributed by atoms with E-state index in [1.54, 1.807) is 18.2 Å². The Morgan fingerprint density at radius 3 is 2.70 bits per heavy atom. The van der Waals surface area contributed by atoms with Gasteiger partial charge in [0.05, 0.1) is 17.1 Å². The first-order chi connectivity index (χ1) is 9.26. The number of morpholine rings is 1. The summed E-state index contributed by atoms with van der Waals surface area (Å²) in [4.78, 5) is 0.271. The van der Waals surface area contributed by atoms with Crippen molar-refractivity contribution < 1.29 is 13.2 Å². The van der Waals surface area contributed by atoms with Gasteiger partial charge < -0.3 is 10.5 Å². The molecule has 0 aliphatic carbocycles. The van der Waals surface area contributed by atoms with E-state index < -0.39 is 15.6 Å². The van der Waals surface area contributed by atoms with Crippen LogP contribution in [0.5, 0.6) is 0 Å². The van der Waals surface area contributed by atoms with Crippen molar-refractivity contribution in [2.45, 2.75) is 30.9 Å². The average Bonchev–Trinajstić information content (AvgIpc) is 2.37. The van der Waals surface area contributed by atoms with Crippen molar-refractivity contribution in [1.29, 1.82) is 0 Å². The highest BCUT2D eigenvalue weighted by molar-refractivity contribution is 9.10. The Bertz CT molecular complexity index is 602. The van der Waals surface area contributed by atoms with E-state index >= 15 is 0 Å². The van der Waals surface area contributed by atoms with Crippen LogP contribution in [0.2, 0.25) is 0 Å². The molecule has 1 fully saturated rings. The summed E-state index contributed by atoms with van der Waals surface area (Å²) in [6, 6.07) is 5.09. The lowest BCUT2D eigenvalue weighted by Gasteiger charge is -2.37. The summed E-state index contributed by atoms with van der Waals surface area (Å²) >= 11 is 3.33. The molecule has 0 aromatic heterocycles. The number of halogens is 1. The van der Waals surface area contributed by atoms with Crippen molar-refractivity contribution in [3.8, 4) is 0 Å². The summed E-state index contributed by atoms with van der Waals surface area (Å²) in [5, 5.41) is 0. The molecule has 0 bridgehead atoms. The van der Waals surface area contributed by atoms with E-state index in [0.29, 0.717) is 30.7 Å². The average molecular weight is 363 g/mol. The summed E-state index contributed by atoms with van der Waals surface area (Å²) in [6.07, 6.45) is 0. The summed E-state index contributed by atoms with van der Waals surface area (Å²) in [5.41, 5.74) is 5.98. The molecular weight excluding hydrogens is 344 g/mol. The molecule has 20 heavy (non-hydrogen) atoms. The molecule has 1 aliphatic rings. The lowest BCUT2D eigenvalue weighted by atomic mass is 10.1. The van der Waals surface area contributed by atoms with Crippen LogP contribution in [0, 0.1) is 0 Å². The fourth-order valence-corrected chi connectivity index (χ4v) is 4.86. The van der Waals surface area contributed by atoms with Gasteiger partial charge in [0.2, 0.25) is 10.0 Å². The minimum absolute atomic E-state index is 0.271. The molecule has 0 saturated carbocycles. The molecule has 2 N–H and O–H groups in total. The van der Waals surface area contributed by atoms with Crippen molar-refractivity contribution in [1.82, 2.24) is 4.31 Å². The smallest absolute Gasteiger partial charge is 0.244 e. The summed E-state index contributed by atoms with van der Waals surface area (Å²) in [5.74, 6) is 0. The fourth-order valence-electron chi connectivity index (χ4n) is 2.20. The number of benzene rings is 1. The van der Waals surface area contributed by atoms with Gasteiger partial charge >= 0.3 is 0 Å². The summed E-state index contributed by atoms with van der Waals surface area (Å²) in [6.45, 7) is 5.29. The first-order valence-electron chi connectivity index (χ1n) is 6.39. The Balaban J connectivity index is 2.35. The number of nitrogens with two attached hydrogens (primary N) is 1. The van der Waals surface area contributed by atoms with E-state index in [2.05, 4.69) is 15.9 Å². The van der Waals surface area contributed by atoms with Crippen molar-refractivity contribution in [3.05, 3.63) is 28.2 Å². The molecule has 2 rings (SSSR count). The van der Waals surface area contributed by atoms with Crippen LogP contribution in [0.3, 0.4) is 0 Å². The van der Waals surface area contributed by atoms with Crippen molar-refractivity contribution in [3.63, 3.8) is 0 Å². The molecule has 5 nitrogen and oxygen atoms in total. The van der Waals surface area contributed by atoms with E-state index in [9.17, 15) is 8.42 Å². The molecule has 1 aliphatic heterocycles. The molecule has 1 heterocycles.